The fourth-order valence-electron chi connectivity index (χ4n) is 3.79. The summed E-state index contributed by atoms with van der Waals surface area (Å²) in [6.45, 7) is 7.32. The monoisotopic (exact) mass is 361 g/mol. The lowest BCUT2D eigenvalue weighted by Crippen LogP contribution is -2.49. The van der Waals surface area contributed by atoms with Crippen molar-refractivity contribution < 1.29 is 14.1 Å². The summed E-state index contributed by atoms with van der Waals surface area (Å²) in [6.07, 6.45) is 2.23. The zero-order valence-electron chi connectivity index (χ0n) is 15.2. The van der Waals surface area contributed by atoms with Crippen LogP contribution in [0.1, 0.15) is 41.9 Å². The standard InChI is InChI=1S/C18H27N5O3/c1-12-9-22(11-17(24)23-6-4-19-5-7-23)10-15(12)20-18(25)14-8-16(26-21-14)13-2-3-13/h8,12-13,15,19H,2-7,9-11H2,1H3,(H,20,25). The van der Waals surface area contributed by atoms with E-state index >= 15 is 0 Å². The van der Waals surface area contributed by atoms with Crippen LogP contribution in [0.3, 0.4) is 0 Å². The summed E-state index contributed by atoms with van der Waals surface area (Å²) in [7, 11) is 0. The number of amides is 2. The number of hydrogen-bond acceptors (Lipinski definition) is 6. The minimum Gasteiger partial charge on any atom is -0.360 e. The van der Waals surface area contributed by atoms with Crippen molar-refractivity contribution in [3.05, 3.63) is 17.5 Å². The summed E-state index contributed by atoms with van der Waals surface area (Å²) in [5, 5.41) is 10.2. The quantitative estimate of drug-likeness (QED) is 0.769. The Balaban J connectivity index is 1.28. The van der Waals surface area contributed by atoms with Crippen LogP contribution >= 0.6 is 0 Å². The second-order valence-corrected chi connectivity index (χ2v) is 7.77. The molecule has 1 aromatic heterocycles. The van der Waals surface area contributed by atoms with Gasteiger partial charge in [-0.25, -0.2) is 0 Å². The minimum atomic E-state index is -0.187. The van der Waals surface area contributed by atoms with E-state index in [2.05, 4.69) is 27.6 Å². The summed E-state index contributed by atoms with van der Waals surface area (Å²) < 4.78 is 5.27. The predicted molar refractivity (Wildman–Crippen MR) is 94.8 cm³/mol. The van der Waals surface area contributed by atoms with Crippen LogP contribution in [0.15, 0.2) is 10.6 Å². The van der Waals surface area contributed by atoms with Crippen molar-refractivity contribution in [3.8, 4) is 0 Å². The average Bonchev–Trinajstić information content (AvgIpc) is 3.27. The smallest absolute Gasteiger partial charge is 0.273 e. The molecule has 1 aliphatic carbocycles. The third-order valence-corrected chi connectivity index (χ3v) is 5.57. The summed E-state index contributed by atoms with van der Waals surface area (Å²) in [5.74, 6) is 1.55. The molecular weight excluding hydrogens is 334 g/mol. The molecule has 0 bridgehead atoms. The molecule has 4 rings (SSSR count). The number of likely N-dealkylation sites (tertiary alicyclic amines) is 1. The molecule has 26 heavy (non-hydrogen) atoms. The topological polar surface area (TPSA) is 90.7 Å². The molecule has 2 N–H and O–H groups in total. The molecule has 2 aliphatic heterocycles. The highest BCUT2D eigenvalue weighted by Gasteiger charge is 2.34. The van der Waals surface area contributed by atoms with Crippen LogP contribution in [0, 0.1) is 5.92 Å². The first-order valence-corrected chi connectivity index (χ1v) is 9.58. The summed E-state index contributed by atoms with van der Waals surface area (Å²) >= 11 is 0. The van der Waals surface area contributed by atoms with Gasteiger partial charge in [-0.3, -0.25) is 14.5 Å². The lowest BCUT2D eigenvalue weighted by molar-refractivity contribution is -0.132. The fourth-order valence-corrected chi connectivity index (χ4v) is 3.79. The van der Waals surface area contributed by atoms with Gasteiger partial charge in [0.05, 0.1) is 6.54 Å². The number of rotatable bonds is 5. The van der Waals surface area contributed by atoms with Crippen molar-refractivity contribution in [2.24, 2.45) is 5.92 Å². The molecular formula is C18H27N5O3. The molecule has 3 heterocycles. The molecule has 142 valence electrons. The third kappa shape index (κ3) is 3.91. The van der Waals surface area contributed by atoms with Crippen LogP contribution in [-0.2, 0) is 4.79 Å². The van der Waals surface area contributed by atoms with Gasteiger partial charge in [-0.15, -0.1) is 0 Å². The number of nitrogens with one attached hydrogen (secondary N) is 2. The number of hydrogen-bond donors (Lipinski definition) is 2. The van der Waals surface area contributed by atoms with Crippen molar-refractivity contribution in [1.82, 2.24) is 25.6 Å². The molecule has 8 nitrogen and oxygen atoms in total. The Morgan fingerprint density at radius 2 is 2.08 bits per heavy atom. The van der Waals surface area contributed by atoms with Gasteiger partial charge in [0, 0.05) is 57.3 Å². The molecule has 0 spiro atoms. The van der Waals surface area contributed by atoms with Gasteiger partial charge in [0.25, 0.3) is 5.91 Å². The zero-order valence-corrected chi connectivity index (χ0v) is 15.2. The van der Waals surface area contributed by atoms with E-state index in [0.717, 1.165) is 51.3 Å². The summed E-state index contributed by atoms with van der Waals surface area (Å²) in [4.78, 5) is 28.9. The van der Waals surface area contributed by atoms with E-state index in [0.29, 0.717) is 30.6 Å². The van der Waals surface area contributed by atoms with E-state index in [1.165, 1.54) is 0 Å². The van der Waals surface area contributed by atoms with Gasteiger partial charge in [-0.1, -0.05) is 12.1 Å². The van der Waals surface area contributed by atoms with Crippen molar-refractivity contribution in [2.75, 3.05) is 45.8 Å². The van der Waals surface area contributed by atoms with Crippen LogP contribution in [0.4, 0.5) is 0 Å². The number of carbonyl (C=O) groups excluding carboxylic acids is 2. The predicted octanol–water partition coefficient (Wildman–Crippen LogP) is 0.0339. The van der Waals surface area contributed by atoms with Crippen molar-refractivity contribution in [2.45, 2.75) is 31.7 Å². The first-order valence-electron chi connectivity index (χ1n) is 9.58. The Morgan fingerprint density at radius 3 is 2.81 bits per heavy atom. The zero-order chi connectivity index (χ0) is 18.1. The molecule has 3 aliphatic rings. The lowest BCUT2D eigenvalue weighted by atomic mass is 10.1. The highest BCUT2D eigenvalue weighted by Crippen LogP contribution is 2.40. The van der Waals surface area contributed by atoms with E-state index < -0.39 is 0 Å². The van der Waals surface area contributed by atoms with Gasteiger partial charge >= 0.3 is 0 Å². The molecule has 2 unspecified atom stereocenters. The van der Waals surface area contributed by atoms with Gasteiger partial charge in [-0.2, -0.15) is 0 Å². The first-order chi connectivity index (χ1) is 12.6. The second-order valence-electron chi connectivity index (χ2n) is 7.77. The fraction of sp³-hybridized carbons (Fsp3) is 0.722. The van der Waals surface area contributed by atoms with Crippen LogP contribution in [0.2, 0.25) is 0 Å². The minimum absolute atomic E-state index is 0.0272. The summed E-state index contributed by atoms with van der Waals surface area (Å²) in [6, 6.07) is 1.79. The highest BCUT2D eigenvalue weighted by atomic mass is 16.5. The van der Waals surface area contributed by atoms with Gasteiger partial charge in [0.2, 0.25) is 5.91 Å². The number of aromatic nitrogens is 1. The van der Waals surface area contributed by atoms with E-state index in [-0.39, 0.29) is 17.9 Å². The van der Waals surface area contributed by atoms with Gasteiger partial charge in [0.15, 0.2) is 5.69 Å². The molecule has 2 atom stereocenters. The van der Waals surface area contributed by atoms with Gasteiger partial charge < -0.3 is 20.1 Å². The summed E-state index contributed by atoms with van der Waals surface area (Å²) in [5.41, 5.74) is 0.356. The molecule has 2 amide bonds. The Bertz CT molecular complexity index is 666. The first kappa shape index (κ1) is 17.5. The van der Waals surface area contributed by atoms with E-state index in [1.54, 1.807) is 6.07 Å². The van der Waals surface area contributed by atoms with Crippen LogP contribution < -0.4 is 10.6 Å². The van der Waals surface area contributed by atoms with Crippen LogP contribution in [0.5, 0.6) is 0 Å². The largest absolute Gasteiger partial charge is 0.360 e. The molecule has 0 radical (unpaired) electrons. The van der Waals surface area contributed by atoms with Crippen molar-refractivity contribution in [3.63, 3.8) is 0 Å². The van der Waals surface area contributed by atoms with Gasteiger partial charge in [0.1, 0.15) is 5.76 Å². The van der Waals surface area contributed by atoms with E-state index in [1.807, 2.05) is 4.90 Å². The third-order valence-electron chi connectivity index (χ3n) is 5.57. The van der Waals surface area contributed by atoms with Crippen molar-refractivity contribution in [1.29, 1.82) is 0 Å². The normalized spacial score (nSPS) is 26.9. The molecule has 0 aromatic carbocycles. The van der Waals surface area contributed by atoms with Crippen LogP contribution in [-0.4, -0.2) is 78.6 Å². The Labute approximate surface area is 153 Å². The maximum Gasteiger partial charge on any atom is 0.273 e. The second kappa shape index (κ2) is 7.36. The molecule has 1 aromatic rings. The Hall–Kier alpha value is -1.93. The lowest BCUT2D eigenvalue weighted by Gasteiger charge is -2.29. The maximum atomic E-state index is 12.4. The SMILES string of the molecule is CC1CN(CC(=O)N2CCNCC2)CC1NC(=O)c1cc(C2CC2)on1. The molecule has 2 saturated heterocycles. The molecule has 3 fully saturated rings. The maximum absolute atomic E-state index is 12.4. The molecule has 8 heteroatoms. The Kier molecular flexibility index (Phi) is 4.95. The highest BCUT2D eigenvalue weighted by molar-refractivity contribution is 5.92. The number of carbonyl (C=O) groups is 2. The van der Waals surface area contributed by atoms with Crippen molar-refractivity contribution >= 4 is 11.8 Å². The Morgan fingerprint density at radius 1 is 1.31 bits per heavy atom. The number of piperazine rings is 1. The molecule has 1 saturated carbocycles. The average molecular weight is 361 g/mol. The van der Waals surface area contributed by atoms with E-state index in [4.69, 9.17) is 4.52 Å². The van der Waals surface area contributed by atoms with Gasteiger partial charge in [-0.05, 0) is 18.8 Å². The number of nitrogens with zero attached hydrogens (tertiary/aromatic N) is 3. The van der Waals surface area contributed by atoms with E-state index in [9.17, 15) is 9.59 Å². The van der Waals surface area contributed by atoms with Crippen LogP contribution in [0.25, 0.3) is 0 Å².